The van der Waals surface area contributed by atoms with Crippen LogP contribution < -0.4 is 16.2 Å². The van der Waals surface area contributed by atoms with Gasteiger partial charge in [0.2, 0.25) is 0 Å². The molecule has 1 atom stereocenters. The highest BCUT2D eigenvalue weighted by Crippen LogP contribution is 2.29. The Morgan fingerprint density at radius 1 is 1.10 bits per heavy atom. The summed E-state index contributed by atoms with van der Waals surface area (Å²) in [5.41, 5.74) is 12.8. The molecule has 2 aromatic carbocycles. The number of nitrogens with two attached hydrogens (primary N) is 1. The van der Waals surface area contributed by atoms with Crippen LogP contribution in [0.25, 0.3) is 0 Å². The third kappa shape index (κ3) is 2.44. The van der Waals surface area contributed by atoms with E-state index in [1.165, 1.54) is 12.1 Å². The summed E-state index contributed by atoms with van der Waals surface area (Å²) in [6, 6.07) is 12.7. The van der Waals surface area contributed by atoms with Crippen LogP contribution in [0.15, 0.2) is 54.7 Å². The van der Waals surface area contributed by atoms with E-state index in [4.69, 9.17) is 5.73 Å². The molecule has 0 aromatic heterocycles. The van der Waals surface area contributed by atoms with E-state index in [1.54, 1.807) is 6.07 Å². The van der Waals surface area contributed by atoms with E-state index in [2.05, 4.69) is 5.43 Å². The molecule has 0 spiro atoms. The highest BCUT2D eigenvalue weighted by Gasteiger charge is 2.32. The molecule has 108 valence electrons. The van der Waals surface area contributed by atoms with Gasteiger partial charge in [0.1, 0.15) is 11.5 Å². The molecular weight excluding hydrogens is 265 g/mol. The van der Waals surface area contributed by atoms with Crippen LogP contribution in [0.3, 0.4) is 0 Å². The summed E-state index contributed by atoms with van der Waals surface area (Å²) in [5, 5.41) is 1.90. The normalized spacial score (nSPS) is 21.0. The zero-order valence-corrected chi connectivity index (χ0v) is 12.1. The molecule has 1 aliphatic heterocycles. The average molecular weight is 283 g/mol. The number of anilines is 1. The van der Waals surface area contributed by atoms with Gasteiger partial charge in [0.25, 0.3) is 0 Å². The van der Waals surface area contributed by atoms with Crippen LogP contribution in [-0.4, -0.2) is 0 Å². The first-order chi connectivity index (χ1) is 9.99. The smallest absolute Gasteiger partial charge is 0.131 e. The number of nitrogens with one attached hydrogen (secondary N) is 1. The van der Waals surface area contributed by atoms with E-state index in [0.717, 1.165) is 22.4 Å². The summed E-state index contributed by atoms with van der Waals surface area (Å²) in [7, 11) is 0. The molecule has 3 nitrogen and oxygen atoms in total. The summed E-state index contributed by atoms with van der Waals surface area (Å²) in [4.78, 5) is 0. The summed E-state index contributed by atoms with van der Waals surface area (Å²) >= 11 is 0. The Bertz CT molecular complexity index is 711. The van der Waals surface area contributed by atoms with Crippen molar-refractivity contribution in [2.24, 2.45) is 5.73 Å². The molecule has 2 aromatic rings. The lowest BCUT2D eigenvalue weighted by atomic mass is 9.96. The van der Waals surface area contributed by atoms with E-state index in [0.29, 0.717) is 0 Å². The first-order valence-electron chi connectivity index (χ1n) is 6.87. The van der Waals surface area contributed by atoms with E-state index in [-0.39, 0.29) is 5.82 Å². The highest BCUT2D eigenvalue weighted by atomic mass is 19.1. The maximum Gasteiger partial charge on any atom is 0.131 e. The van der Waals surface area contributed by atoms with Gasteiger partial charge in [-0.2, -0.15) is 0 Å². The highest BCUT2D eigenvalue weighted by molar-refractivity contribution is 5.57. The van der Waals surface area contributed by atoms with Crippen molar-refractivity contribution in [2.75, 3.05) is 5.01 Å². The SMILES string of the molecule is Cc1ccccc1N1C=CC(N)(c2ccc(F)cc2C)N1. The van der Waals surface area contributed by atoms with Gasteiger partial charge in [-0.15, -0.1) is 0 Å². The first-order valence-corrected chi connectivity index (χ1v) is 6.87. The van der Waals surface area contributed by atoms with Gasteiger partial charge in [-0.3, -0.25) is 5.01 Å². The first kappa shape index (κ1) is 13.8. The lowest BCUT2D eigenvalue weighted by Gasteiger charge is -2.29. The van der Waals surface area contributed by atoms with Crippen LogP contribution in [0, 0.1) is 19.7 Å². The van der Waals surface area contributed by atoms with Crippen molar-refractivity contribution < 1.29 is 4.39 Å². The maximum atomic E-state index is 13.3. The van der Waals surface area contributed by atoms with Crippen LogP contribution >= 0.6 is 0 Å². The van der Waals surface area contributed by atoms with Crippen LogP contribution in [0.1, 0.15) is 16.7 Å². The van der Waals surface area contributed by atoms with Crippen molar-refractivity contribution in [3.63, 3.8) is 0 Å². The Hall–Kier alpha value is -2.17. The molecule has 0 aliphatic carbocycles. The third-order valence-corrected chi connectivity index (χ3v) is 3.80. The van der Waals surface area contributed by atoms with Crippen molar-refractivity contribution in [1.29, 1.82) is 0 Å². The Balaban J connectivity index is 1.93. The molecule has 3 rings (SSSR count). The molecular formula is C17H18FN3. The number of hydrogen-bond acceptors (Lipinski definition) is 3. The predicted molar refractivity (Wildman–Crippen MR) is 82.9 cm³/mol. The Morgan fingerprint density at radius 2 is 1.86 bits per heavy atom. The van der Waals surface area contributed by atoms with Gasteiger partial charge in [-0.1, -0.05) is 24.3 Å². The van der Waals surface area contributed by atoms with Crippen molar-refractivity contribution in [3.8, 4) is 0 Å². The third-order valence-electron chi connectivity index (χ3n) is 3.80. The van der Waals surface area contributed by atoms with Gasteiger partial charge in [-0.05, 0) is 54.8 Å². The van der Waals surface area contributed by atoms with E-state index < -0.39 is 5.66 Å². The summed E-state index contributed by atoms with van der Waals surface area (Å²) < 4.78 is 13.3. The fraction of sp³-hybridized carbons (Fsp3) is 0.176. The van der Waals surface area contributed by atoms with Crippen molar-refractivity contribution in [2.45, 2.75) is 19.5 Å². The van der Waals surface area contributed by atoms with Gasteiger partial charge < -0.3 is 5.73 Å². The topological polar surface area (TPSA) is 41.3 Å². The summed E-state index contributed by atoms with van der Waals surface area (Å²) in [5.74, 6) is -0.252. The van der Waals surface area contributed by atoms with Crippen molar-refractivity contribution >= 4 is 5.69 Å². The molecule has 0 amide bonds. The number of hydrazine groups is 1. The Morgan fingerprint density at radius 3 is 2.57 bits per heavy atom. The maximum absolute atomic E-state index is 13.3. The molecule has 0 fully saturated rings. The molecule has 1 heterocycles. The van der Waals surface area contributed by atoms with Gasteiger partial charge in [0.15, 0.2) is 0 Å². The molecule has 1 unspecified atom stereocenters. The molecule has 4 heteroatoms. The lowest BCUT2D eigenvalue weighted by Crippen LogP contribution is -2.51. The Labute approximate surface area is 123 Å². The second kappa shape index (κ2) is 4.98. The second-order valence-electron chi connectivity index (χ2n) is 5.41. The number of rotatable bonds is 2. The van der Waals surface area contributed by atoms with Gasteiger partial charge in [0.05, 0.1) is 5.69 Å². The zero-order valence-electron chi connectivity index (χ0n) is 12.1. The van der Waals surface area contributed by atoms with E-state index in [1.807, 2.05) is 55.4 Å². The number of halogens is 1. The molecule has 0 saturated carbocycles. The average Bonchev–Trinajstić information content (AvgIpc) is 2.82. The number of nitrogens with zero attached hydrogens (tertiary/aromatic N) is 1. The summed E-state index contributed by atoms with van der Waals surface area (Å²) in [6.45, 7) is 3.91. The van der Waals surface area contributed by atoms with Gasteiger partial charge in [-0.25, -0.2) is 9.82 Å². The second-order valence-corrected chi connectivity index (χ2v) is 5.41. The Kier molecular flexibility index (Phi) is 3.27. The summed E-state index contributed by atoms with van der Waals surface area (Å²) in [6.07, 6.45) is 3.80. The van der Waals surface area contributed by atoms with Gasteiger partial charge in [0, 0.05) is 6.20 Å². The number of hydrogen-bond donors (Lipinski definition) is 2. The van der Waals surface area contributed by atoms with Crippen LogP contribution in [-0.2, 0) is 5.66 Å². The van der Waals surface area contributed by atoms with Gasteiger partial charge >= 0.3 is 0 Å². The van der Waals surface area contributed by atoms with Crippen LogP contribution in [0.4, 0.5) is 10.1 Å². The van der Waals surface area contributed by atoms with Crippen molar-refractivity contribution in [1.82, 2.24) is 5.43 Å². The molecule has 0 radical (unpaired) electrons. The zero-order chi connectivity index (χ0) is 15.0. The minimum absolute atomic E-state index is 0.252. The van der Waals surface area contributed by atoms with Crippen molar-refractivity contribution in [3.05, 3.63) is 77.2 Å². The monoisotopic (exact) mass is 283 g/mol. The fourth-order valence-electron chi connectivity index (χ4n) is 2.68. The minimum atomic E-state index is -0.833. The lowest BCUT2D eigenvalue weighted by molar-refractivity contribution is 0.461. The molecule has 1 aliphatic rings. The predicted octanol–water partition coefficient (Wildman–Crippen LogP) is 3.09. The fourth-order valence-corrected chi connectivity index (χ4v) is 2.68. The molecule has 0 saturated heterocycles. The largest absolute Gasteiger partial charge is 0.305 e. The van der Waals surface area contributed by atoms with Crippen LogP contribution in [0.5, 0.6) is 0 Å². The minimum Gasteiger partial charge on any atom is -0.305 e. The quantitative estimate of drug-likeness (QED) is 0.890. The van der Waals surface area contributed by atoms with Crippen LogP contribution in [0.2, 0.25) is 0 Å². The molecule has 3 N–H and O–H groups in total. The number of para-hydroxylation sites is 1. The van der Waals surface area contributed by atoms with E-state index in [9.17, 15) is 4.39 Å². The van der Waals surface area contributed by atoms with E-state index >= 15 is 0 Å². The molecule has 21 heavy (non-hydrogen) atoms. The number of benzene rings is 2. The molecule has 0 bridgehead atoms. The number of aryl methyl sites for hydroxylation is 2. The standard InChI is InChI=1S/C17H18FN3/c1-12-5-3-4-6-16(12)21-10-9-17(19,20-21)15-8-7-14(18)11-13(15)2/h3-11,20H,19H2,1-2H3.